The SMILES string of the molecule is O=C(c1cc(-c2ccco2)[nH]n1)N1CCC[C@@H]1Cn1cccn1. The minimum absolute atomic E-state index is 0.0475. The third-order valence-corrected chi connectivity index (χ3v) is 4.18. The van der Waals surface area contributed by atoms with Gasteiger partial charge in [0.1, 0.15) is 5.69 Å². The summed E-state index contributed by atoms with van der Waals surface area (Å²) in [5.41, 5.74) is 1.13. The van der Waals surface area contributed by atoms with Crippen molar-refractivity contribution in [3.63, 3.8) is 0 Å². The second-order valence-electron chi connectivity index (χ2n) is 5.67. The monoisotopic (exact) mass is 311 g/mol. The number of nitrogens with zero attached hydrogens (tertiary/aromatic N) is 4. The first-order valence-electron chi connectivity index (χ1n) is 7.69. The fourth-order valence-corrected chi connectivity index (χ4v) is 3.05. The van der Waals surface area contributed by atoms with Gasteiger partial charge >= 0.3 is 0 Å². The summed E-state index contributed by atoms with van der Waals surface area (Å²) in [6.07, 6.45) is 7.27. The molecule has 1 N–H and O–H groups in total. The average molecular weight is 311 g/mol. The van der Waals surface area contributed by atoms with Crippen molar-refractivity contribution in [2.45, 2.75) is 25.4 Å². The van der Waals surface area contributed by atoms with Crippen LogP contribution in [0.5, 0.6) is 0 Å². The first-order valence-corrected chi connectivity index (χ1v) is 7.69. The maximum atomic E-state index is 12.8. The van der Waals surface area contributed by atoms with Crippen molar-refractivity contribution in [2.75, 3.05) is 6.54 Å². The quantitative estimate of drug-likeness (QED) is 0.801. The van der Waals surface area contributed by atoms with Gasteiger partial charge in [-0.25, -0.2) is 0 Å². The molecule has 4 heterocycles. The summed E-state index contributed by atoms with van der Waals surface area (Å²) in [5, 5.41) is 11.2. The molecule has 0 unspecified atom stereocenters. The lowest BCUT2D eigenvalue weighted by Gasteiger charge is -2.23. The molecule has 0 bridgehead atoms. The zero-order valence-corrected chi connectivity index (χ0v) is 12.6. The van der Waals surface area contributed by atoms with Crippen LogP contribution < -0.4 is 0 Å². The van der Waals surface area contributed by atoms with Gasteiger partial charge < -0.3 is 9.32 Å². The molecule has 1 aliphatic heterocycles. The molecule has 0 aromatic carbocycles. The number of rotatable bonds is 4. The molecule has 23 heavy (non-hydrogen) atoms. The molecule has 1 fully saturated rings. The molecule has 0 radical (unpaired) electrons. The van der Waals surface area contributed by atoms with Crippen molar-refractivity contribution in [3.8, 4) is 11.5 Å². The summed E-state index contributed by atoms with van der Waals surface area (Å²) < 4.78 is 7.19. The van der Waals surface area contributed by atoms with Gasteiger partial charge in [-0.05, 0) is 31.0 Å². The maximum Gasteiger partial charge on any atom is 0.274 e. The summed E-state index contributed by atoms with van der Waals surface area (Å²) in [5.74, 6) is 0.625. The summed E-state index contributed by atoms with van der Waals surface area (Å²) in [6.45, 7) is 1.47. The number of nitrogens with one attached hydrogen (secondary N) is 1. The number of hydrogen-bond donors (Lipinski definition) is 1. The Balaban J connectivity index is 1.51. The van der Waals surface area contributed by atoms with Gasteiger partial charge in [-0.2, -0.15) is 10.2 Å². The minimum Gasteiger partial charge on any atom is -0.463 e. The number of aromatic nitrogens is 4. The van der Waals surface area contributed by atoms with Crippen molar-refractivity contribution >= 4 is 5.91 Å². The number of hydrogen-bond acceptors (Lipinski definition) is 4. The van der Waals surface area contributed by atoms with Crippen LogP contribution in [0.3, 0.4) is 0 Å². The second-order valence-corrected chi connectivity index (χ2v) is 5.67. The number of aromatic amines is 1. The molecule has 1 amide bonds. The van der Waals surface area contributed by atoms with Gasteiger partial charge in [-0.1, -0.05) is 0 Å². The molecule has 0 spiro atoms. The molecule has 1 saturated heterocycles. The highest BCUT2D eigenvalue weighted by Gasteiger charge is 2.31. The fourth-order valence-electron chi connectivity index (χ4n) is 3.05. The third-order valence-electron chi connectivity index (χ3n) is 4.18. The molecular formula is C16H17N5O2. The number of carbonyl (C=O) groups excluding carboxylic acids is 1. The van der Waals surface area contributed by atoms with E-state index < -0.39 is 0 Å². The minimum atomic E-state index is -0.0475. The number of carbonyl (C=O) groups is 1. The molecule has 118 valence electrons. The summed E-state index contributed by atoms with van der Waals surface area (Å²) in [7, 11) is 0. The van der Waals surface area contributed by atoms with E-state index in [4.69, 9.17) is 4.42 Å². The number of amides is 1. The molecule has 3 aromatic rings. The Morgan fingerprint density at radius 1 is 1.43 bits per heavy atom. The van der Waals surface area contributed by atoms with Gasteiger partial charge in [0.15, 0.2) is 11.5 Å². The highest BCUT2D eigenvalue weighted by Crippen LogP contribution is 2.23. The van der Waals surface area contributed by atoms with Crippen LogP contribution in [0, 0.1) is 0 Å². The van der Waals surface area contributed by atoms with Crippen LogP contribution in [0.1, 0.15) is 23.3 Å². The maximum absolute atomic E-state index is 12.8. The second kappa shape index (κ2) is 5.75. The van der Waals surface area contributed by atoms with E-state index in [1.165, 1.54) is 0 Å². The summed E-state index contributed by atoms with van der Waals surface area (Å²) in [6, 6.07) is 7.43. The predicted molar refractivity (Wildman–Crippen MR) is 82.6 cm³/mol. The lowest BCUT2D eigenvalue weighted by molar-refractivity contribution is 0.0715. The van der Waals surface area contributed by atoms with Gasteiger partial charge in [-0.3, -0.25) is 14.6 Å². The molecular weight excluding hydrogens is 294 g/mol. The Hall–Kier alpha value is -2.83. The smallest absolute Gasteiger partial charge is 0.274 e. The van der Waals surface area contributed by atoms with Crippen LogP contribution in [0.25, 0.3) is 11.5 Å². The third kappa shape index (κ3) is 2.65. The fraction of sp³-hybridized carbons (Fsp3) is 0.312. The molecule has 0 aliphatic carbocycles. The van der Waals surface area contributed by atoms with E-state index >= 15 is 0 Å². The van der Waals surface area contributed by atoms with Crippen molar-refractivity contribution in [3.05, 3.63) is 48.6 Å². The van der Waals surface area contributed by atoms with Crippen LogP contribution in [0.4, 0.5) is 0 Å². The highest BCUT2D eigenvalue weighted by atomic mass is 16.3. The van der Waals surface area contributed by atoms with Crippen LogP contribution >= 0.6 is 0 Å². The molecule has 7 heteroatoms. The summed E-state index contributed by atoms with van der Waals surface area (Å²) >= 11 is 0. The van der Waals surface area contributed by atoms with Crippen molar-refractivity contribution < 1.29 is 9.21 Å². The number of likely N-dealkylation sites (tertiary alicyclic amines) is 1. The van der Waals surface area contributed by atoms with E-state index in [2.05, 4.69) is 15.3 Å². The Morgan fingerprint density at radius 2 is 2.39 bits per heavy atom. The van der Waals surface area contributed by atoms with Gasteiger partial charge in [0, 0.05) is 25.0 Å². The Bertz CT molecular complexity index is 775. The van der Waals surface area contributed by atoms with Gasteiger partial charge in [-0.15, -0.1) is 0 Å². The highest BCUT2D eigenvalue weighted by molar-refractivity contribution is 5.93. The topological polar surface area (TPSA) is 80.0 Å². The van der Waals surface area contributed by atoms with Crippen LogP contribution in [0.2, 0.25) is 0 Å². The summed E-state index contributed by atoms with van der Waals surface area (Å²) in [4.78, 5) is 14.6. The van der Waals surface area contributed by atoms with E-state index in [-0.39, 0.29) is 11.9 Å². The first kappa shape index (κ1) is 13.8. The molecule has 1 aliphatic rings. The number of H-pyrrole nitrogens is 1. The molecule has 4 rings (SSSR count). The molecule has 1 atom stereocenters. The molecule has 3 aromatic heterocycles. The first-order chi connectivity index (χ1) is 11.3. The van der Waals surface area contributed by atoms with E-state index in [0.29, 0.717) is 23.7 Å². The lowest BCUT2D eigenvalue weighted by atomic mass is 10.2. The predicted octanol–water partition coefficient (Wildman–Crippen LogP) is 2.17. The zero-order valence-electron chi connectivity index (χ0n) is 12.6. The van der Waals surface area contributed by atoms with Gasteiger partial charge in [0.05, 0.1) is 18.8 Å². The lowest BCUT2D eigenvalue weighted by Crippen LogP contribution is -2.38. The van der Waals surface area contributed by atoms with Crippen LogP contribution in [-0.4, -0.2) is 43.4 Å². The number of furan rings is 1. The Kier molecular flexibility index (Phi) is 3.45. The van der Waals surface area contributed by atoms with Gasteiger partial charge in [0.25, 0.3) is 5.91 Å². The van der Waals surface area contributed by atoms with E-state index in [1.54, 1.807) is 24.6 Å². The van der Waals surface area contributed by atoms with E-state index in [1.807, 2.05) is 27.9 Å². The van der Waals surface area contributed by atoms with E-state index in [9.17, 15) is 4.79 Å². The largest absolute Gasteiger partial charge is 0.463 e. The average Bonchev–Trinajstić information content (AvgIpc) is 3.33. The Morgan fingerprint density at radius 3 is 3.17 bits per heavy atom. The standard InChI is InChI=1S/C16H17N5O2/c22-16(14-10-13(18-19-14)15-5-2-9-23-15)21-8-1-4-12(21)11-20-7-3-6-17-20/h2-3,5-7,9-10,12H,1,4,8,11H2,(H,18,19)/t12-/m1/s1. The molecule has 7 nitrogen and oxygen atoms in total. The van der Waals surface area contributed by atoms with Crippen LogP contribution in [0.15, 0.2) is 47.3 Å². The van der Waals surface area contributed by atoms with Crippen LogP contribution in [-0.2, 0) is 6.54 Å². The van der Waals surface area contributed by atoms with E-state index in [0.717, 1.165) is 19.4 Å². The van der Waals surface area contributed by atoms with Crippen molar-refractivity contribution in [1.29, 1.82) is 0 Å². The van der Waals surface area contributed by atoms with Crippen molar-refractivity contribution in [2.24, 2.45) is 0 Å². The van der Waals surface area contributed by atoms with Crippen molar-refractivity contribution in [1.82, 2.24) is 24.9 Å². The zero-order chi connectivity index (χ0) is 15.6. The molecule has 0 saturated carbocycles. The normalized spacial score (nSPS) is 17.7. The van der Waals surface area contributed by atoms with Gasteiger partial charge in [0.2, 0.25) is 0 Å². The Labute approximate surface area is 132 Å².